The van der Waals surface area contributed by atoms with Gasteiger partial charge in [-0.05, 0) is 30.9 Å². The number of benzene rings is 1. The molecule has 0 bridgehead atoms. The van der Waals surface area contributed by atoms with Gasteiger partial charge < -0.3 is 0 Å². The molecule has 0 N–H and O–H groups in total. The third kappa shape index (κ3) is 2.47. The Morgan fingerprint density at radius 3 is 2.43 bits per heavy atom. The number of hydrogen-bond acceptors (Lipinski definition) is 0. The molecular weight excluding hydrogens is 168 g/mol. The van der Waals surface area contributed by atoms with E-state index >= 15 is 0 Å². The van der Waals surface area contributed by atoms with Gasteiger partial charge in [0, 0.05) is 5.92 Å². The molecule has 0 radical (unpaired) electrons. The Bertz CT molecular complexity index is 297. The predicted molar refractivity (Wildman–Crippen MR) is 63.6 cm³/mol. The average Bonchev–Trinajstić information content (AvgIpc) is 2.75. The predicted octanol–water partition coefficient (Wildman–Crippen LogP) is 4.45. The molecule has 0 heterocycles. The standard InChI is InChI=1S/C12H14.C2H6/c1-10-6-2-5-9-12(10)11-7-3-4-8-11;1-2/h2-3,5-7,9,11H,4,8H2,1H3;1-2H3. The molecule has 2 rings (SSSR count). The van der Waals surface area contributed by atoms with Crippen LogP contribution in [0.25, 0.3) is 0 Å². The van der Waals surface area contributed by atoms with Crippen molar-refractivity contribution in [2.24, 2.45) is 0 Å². The van der Waals surface area contributed by atoms with Gasteiger partial charge in [0.2, 0.25) is 0 Å². The van der Waals surface area contributed by atoms with Crippen LogP contribution in [-0.2, 0) is 0 Å². The third-order valence-corrected chi connectivity index (χ3v) is 2.60. The molecule has 1 aromatic carbocycles. The highest BCUT2D eigenvalue weighted by atomic mass is 14.2. The summed E-state index contributed by atoms with van der Waals surface area (Å²) in [7, 11) is 0. The van der Waals surface area contributed by atoms with Crippen molar-refractivity contribution < 1.29 is 0 Å². The summed E-state index contributed by atoms with van der Waals surface area (Å²) in [6.07, 6.45) is 7.17. The second-order valence-corrected chi connectivity index (χ2v) is 3.47. The quantitative estimate of drug-likeness (QED) is 0.571. The molecule has 0 heteroatoms. The molecule has 1 atom stereocenters. The first-order valence-electron chi connectivity index (χ1n) is 5.60. The zero-order valence-electron chi connectivity index (χ0n) is 9.46. The third-order valence-electron chi connectivity index (χ3n) is 2.60. The fourth-order valence-corrected chi connectivity index (χ4v) is 1.89. The summed E-state index contributed by atoms with van der Waals surface area (Å²) in [5.41, 5.74) is 2.93. The van der Waals surface area contributed by atoms with Gasteiger partial charge in [-0.1, -0.05) is 50.3 Å². The first-order chi connectivity index (χ1) is 6.88. The highest BCUT2D eigenvalue weighted by Gasteiger charge is 2.12. The van der Waals surface area contributed by atoms with Gasteiger partial charge in [-0.25, -0.2) is 0 Å². The Morgan fingerprint density at radius 1 is 1.14 bits per heavy atom. The van der Waals surface area contributed by atoms with Crippen molar-refractivity contribution in [3.8, 4) is 0 Å². The molecule has 76 valence electrons. The lowest BCUT2D eigenvalue weighted by Gasteiger charge is -2.10. The van der Waals surface area contributed by atoms with Gasteiger partial charge in [0.15, 0.2) is 0 Å². The van der Waals surface area contributed by atoms with Crippen molar-refractivity contribution in [3.05, 3.63) is 47.5 Å². The van der Waals surface area contributed by atoms with E-state index in [0.29, 0.717) is 5.92 Å². The second kappa shape index (κ2) is 5.64. The number of hydrogen-bond donors (Lipinski definition) is 0. The Kier molecular flexibility index (Phi) is 4.45. The van der Waals surface area contributed by atoms with Gasteiger partial charge in [-0.2, -0.15) is 0 Å². The molecule has 1 aliphatic carbocycles. The summed E-state index contributed by atoms with van der Waals surface area (Å²) in [6, 6.07) is 8.68. The smallest absolute Gasteiger partial charge is 0.00235 e. The van der Waals surface area contributed by atoms with Crippen LogP contribution in [0.5, 0.6) is 0 Å². The van der Waals surface area contributed by atoms with Crippen LogP contribution in [0.4, 0.5) is 0 Å². The average molecular weight is 188 g/mol. The molecule has 14 heavy (non-hydrogen) atoms. The second-order valence-electron chi connectivity index (χ2n) is 3.47. The SMILES string of the molecule is CC.Cc1ccccc1C1C=CCC1. The van der Waals surface area contributed by atoms with Crippen LogP contribution < -0.4 is 0 Å². The van der Waals surface area contributed by atoms with Gasteiger partial charge in [-0.3, -0.25) is 0 Å². The maximum absolute atomic E-state index is 2.34. The highest BCUT2D eigenvalue weighted by Crippen LogP contribution is 2.29. The first kappa shape index (κ1) is 11.0. The molecule has 0 saturated heterocycles. The minimum Gasteiger partial charge on any atom is -0.0879 e. The minimum atomic E-state index is 0.686. The van der Waals surface area contributed by atoms with Crippen LogP contribution in [0.2, 0.25) is 0 Å². The van der Waals surface area contributed by atoms with E-state index in [9.17, 15) is 0 Å². The summed E-state index contributed by atoms with van der Waals surface area (Å²) < 4.78 is 0. The van der Waals surface area contributed by atoms with E-state index in [0.717, 1.165) is 0 Å². The zero-order chi connectivity index (χ0) is 10.4. The normalized spacial score (nSPS) is 18.9. The lowest BCUT2D eigenvalue weighted by molar-refractivity contribution is 0.795. The van der Waals surface area contributed by atoms with E-state index in [2.05, 4.69) is 43.3 Å². The molecule has 1 aromatic rings. The molecule has 0 amide bonds. The van der Waals surface area contributed by atoms with Crippen molar-refractivity contribution in [3.63, 3.8) is 0 Å². The van der Waals surface area contributed by atoms with Gasteiger partial charge in [0.25, 0.3) is 0 Å². The molecule has 0 aromatic heterocycles. The van der Waals surface area contributed by atoms with Crippen LogP contribution >= 0.6 is 0 Å². The number of rotatable bonds is 1. The summed E-state index contributed by atoms with van der Waals surface area (Å²) in [5.74, 6) is 0.686. The van der Waals surface area contributed by atoms with Gasteiger partial charge in [0.05, 0.1) is 0 Å². The van der Waals surface area contributed by atoms with Crippen molar-refractivity contribution in [2.75, 3.05) is 0 Å². The van der Waals surface area contributed by atoms with Crippen LogP contribution in [-0.4, -0.2) is 0 Å². The largest absolute Gasteiger partial charge is 0.0879 e. The monoisotopic (exact) mass is 188 g/mol. The maximum Gasteiger partial charge on any atom is 0.00235 e. The van der Waals surface area contributed by atoms with Crippen LogP contribution in [0, 0.1) is 6.92 Å². The molecular formula is C14H20. The van der Waals surface area contributed by atoms with Crippen molar-refractivity contribution in [2.45, 2.75) is 39.5 Å². The molecule has 0 spiro atoms. The van der Waals surface area contributed by atoms with Crippen LogP contribution in [0.15, 0.2) is 36.4 Å². The lowest BCUT2D eigenvalue weighted by Crippen LogP contribution is -1.93. The van der Waals surface area contributed by atoms with Gasteiger partial charge >= 0.3 is 0 Å². The van der Waals surface area contributed by atoms with E-state index in [-0.39, 0.29) is 0 Å². The summed E-state index contributed by atoms with van der Waals surface area (Å²) in [4.78, 5) is 0. The van der Waals surface area contributed by atoms with E-state index in [1.54, 1.807) is 0 Å². The van der Waals surface area contributed by atoms with Crippen LogP contribution in [0.1, 0.15) is 43.7 Å². The number of allylic oxidation sites excluding steroid dienone is 2. The maximum atomic E-state index is 2.34. The van der Waals surface area contributed by atoms with E-state index < -0.39 is 0 Å². The summed E-state index contributed by atoms with van der Waals surface area (Å²) in [6.45, 7) is 6.20. The Balaban J connectivity index is 0.000000461. The molecule has 1 unspecified atom stereocenters. The molecule has 1 aliphatic rings. The van der Waals surface area contributed by atoms with Crippen LogP contribution in [0.3, 0.4) is 0 Å². The fraction of sp³-hybridized carbons (Fsp3) is 0.429. The first-order valence-corrected chi connectivity index (χ1v) is 5.60. The van der Waals surface area contributed by atoms with E-state index in [1.807, 2.05) is 13.8 Å². The van der Waals surface area contributed by atoms with Gasteiger partial charge in [-0.15, -0.1) is 0 Å². The molecule has 0 saturated carbocycles. The Labute approximate surface area is 87.7 Å². The van der Waals surface area contributed by atoms with Crippen molar-refractivity contribution in [1.82, 2.24) is 0 Å². The van der Waals surface area contributed by atoms with E-state index in [1.165, 1.54) is 24.0 Å². The highest BCUT2D eigenvalue weighted by molar-refractivity contribution is 5.33. The Morgan fingerprint density at radius 2 is 1.86 bits per heavy atom. The fourth-order valence-electron chi connectivity index (χ4n) is 1.89. The van der Waals surface area contributed by atoms with E-state index in [4.69, 9.17) is 0 Å². The Hall–Kier alpha value is -1.04. The molecule has 0 aliphatic heterocycles. The summed E-state index contributed by atoms with van der Waals surface area (Å²) in [5, 5.41) is 0. The lowest BCUT2D eigenvalue weighted by atomic mass is 9.95. The minimum absolute atomic E-state index is 0.686. The molecule has 0 nitrogen and oxygen atoms in total. The summed E-state index contributed by atoms with van der Waals surface area (Å²) >= 11 is 0. The topological polar surface area (TPSA) is 0 Å². The number of aryl methyl sites for hydroxylation is 1. The van der Waals surface area contributed by atoms with Crippen molar-refractivity contribution in [1.29, 1.82) is 0 Å². The molecule has 0 fully saturated rings. The van der Waals surface area contributed by atoms with Crippen molar-refractivity contribution >= 4 is 0 Å². The van der Waals surface area contributed by atoms with Gasteiger partial charge in [0.1, 0.15) is 0 Å². The zero-order valence-corrected chi connectivity index (χ0v) is 9.46.